The zero-order valence-electron chi connectivity index (χ0n) is 30.1. The Labute approximate surface area is 323 Å². The van der Waals surface area contributed by atoms with E-state index >= 15 is 0 Å². The maximum absolute atomic E-state index is 6.71. The third-order valence-corrected chi connectivity index (χ3v) is 11.7. The summed E-state index contributed by atoms with van der Waals surface area (Å²) in [5, 5.41) is 2.15. The van der Waals surface area contributed by atoms with E-state index in [1.54, 1.807) is 0 Å². The fourth-order valence-electron chi connectivity index (χ4n) is 9.50. The smallest absolute Gasteiger partial charge is 0.164 e. The molecule has 0 atom stereocenters. The van der Waals surface area contributed by atoms with Crippen LogP contribution in [-0.2, 0) is 5.41 Å². The highest BCUT2D eigenvalue weighted by atomic mass is 16.3. The molecule has 4 heteroatoms. The molecule has 2 aliphatic rings. The Kier molecular flexibility index (Phi) is 6.52. The van der Waals surface area contributed by atoms with Crippen LogP contribution in [0.1, 0.15) is 22.3 Å². The van der Waals surface area contributed by atoms with E-state index in [4.69, 9.17) is 19.4 Å². The van der Waals surface area contributed by atoms with Crippen molar-refractivity contribution in [1.29, 1.82) is 0 Å². The number of furan rings is 1. The maximum atomic E-state index is 6.71. The fourth-order valence-corrected chi connectivity index (χ4v) is 9.50. The Morgan fingerprint density at radius 1 is 0.339 bits per heavy atom. The average Bonchev–Trinajstić information content (AvgIpc) is 3.91. The number of hydrogen-bond acceptors (Lipinski definition) is 4. The Morgan fingerprint density at radius 2 is 0.821 bits per heavy atom. The van der Waals surface area contributed by atoms with E-state index in [1.165, 1.54) is 44.5 Å². The van der Waals surface area contributed by atoms with Gasteiger partial charge in [0.1, 0.15) is 11.2 Å². The zero-order chi connectivity index (χ0) is 36.8. The van der Waals surface area contributed by atoms with Gasteiger partial charge in [-0.15, -0.1) is 0 Å². The molecular weight excluding hydrogens is 683 g/mol. The van der Waals surface area contributed by atoms with Gasteiger partial charge in [0.15, 0.2) is 17.5 Å². The van der Waals surface area contributed by atoms with Gasteiger partial charge in [0.2, 0.25) is 0 Å². The number of para-hydroxylation sites is 1. The molecule has 12 rings (SSSR count). The molecule has 2 aromatic heterocycles. The SMILES string of the molecule is c1ccc(-c2nc(-c3ccccc3)nc(-c3cc(-c4cccc5c4-c4ccccc4C54c5ccccc5-c5ccccc54)c4c(c3)oc3ccccc34)n2)cc1. The van der Waals surface area contributed by atoms with Crippen LogP contribution in [0.15, 0.2) is 192 Å². The molecule has 0 saturated heterocycles. The standard InChI is InChI=1S/C52H31N3O/c1-3-16-32(17-4-1)49-53-50(33-18-5-2-6-19-33)55-51(54-49)34-30-40(48-39-23-10-14-29-45(39)56-46(48)31-34)37-24-15-28-44-47(37)38-22-9-13-27-43(38)52(44)41-25-11-7-20-35(41)36-21-8-12-26-42(36)52/h1-31H. The minimum absolute atomic E-state index is 0.451. The lowest BCUT2D eigenvalue weighted by atomic mass is 9.70. The first-order chi connectivity index (χ1) is 27.8. The quantitative estimate of drug-likeness (QED) is 0.182. The monoisotopic (exact) mass is 713 g/mol. The second-order valence-corrected chi connectivity index (χ2v) is 14.6. The molecule has 0 amide bonds. The van der Waals surface area contributed by atoms with E-state index in [9.17, 15) is 0 Å². The van der Waals surface area contributed by atoms with Crippen LogP contribution in [0.3, 0.4) is 0 Å². The van der Waals surface area contributed by atoms with E-state index < -0.39 is 5.41 Å². The van der Waals surface area contributed by atoms with Crippen molar-refractivity contribution >= 4 is 21.9 Å². The van der Waals surface area contributed by atoms with Crippen molar-refractivity contribution < 1.29 is 4.42 Å². The van der Waals surface area contributed by atoms with E-state index in [1.807, 2.05) is 66.7 Å². The average molecular weight is 714 g/mol. The van der Waals surface area contributed by atoms with Crippen LogP contribution in [0.2, 0.25) is 0 Å². The lowest BCUT2D eigenvalue weighted by Crippen LogP contribution is -2.25. The first-order valence-corrected chi connectivity index (χ1v) is 19.0. The minimum atomic E-state index is -0.451. The van der Waals surface area contributed by atoms with E-state index in [2.05, 4.69) is 121 Å². The first-order valence-electron chi connectivity index (χ1n) is 19.0. The van der Waals surface area contributed by atoms with Gasteiger partial charge >= 0.3 is 0 Å². The van der Waals surface area contributed by atoms with Crippen molar-refractivity contribution in [3.63, 3.8) is 0 Å². The van der Waals surface area contributed by atoms with Gasteiger partial charge in [-0.25, -0.2) is 15.0 Å². The van der Waals surface area contributed by atoms with Crippen LogP contribution in [0.4, 0.5) is 0 Å². The van der Waals surface area contributed by atoms with Crippen LogP contribution in [0.25, 0.3) is 89.5 Å². The van der Waals surface area contributed by atoms with Crippen LogP contribution in [0, 0.1) is 0 Å². The van der Waals surface area contributed by atoms with E-state index in [0.717, 1.165) is 49.8 Å². The van der Waals surface area contributed by atoms with Gasteiger partial charge in [-0.1, -0.05) is 170 Å². The molecule has 260 valence electrons. The largest absolute Gasteiger partial charge is 0.456 e. The number of nitrogens with zero attached hydrogens (tertiary/aromatic N) is 3. The summed E-state index contributed by atoms with van der Waals surface area (Å²) in [6, 6.07) is 66.7. The molecule has 2 aliphatic carbocycles. The summed E-state index contributed by atoms with van der Waals surface area (Å²) in [4.78, 5) is 15.3. The Balaban J connectivity index is 1.17. The van der Waals surface area contributed by atoms with E-state index in [0.29, 0.717) is 17.5 Å². The fraction of sp³-hybridized carbons (Fsp3) is 0.0192. The van der Waals surface area contributed by atoms with Gasteiger partial charge in [-0.3, -0.25) is 0 Å². The van der Waals surface area contributed by atoms with Gasteiger partial charge in [0, 0.05) is 27.5 Å². The highest BCUT2D eigenvalue weighted by Crippen LogP contribution is 2.64. The molecule has 1 spiro atoms. The zero-order valence-corrected chi connectivity index (χ0v) is 30.1. The number of rotatable bonds is 4. The predicted molar refractivity (Wildman–Crippen MR) is 225 cm³/mol. The molecule has 4 nitrogen and oxygen atoms in total. The number of hydrogen-bond donors (Lipinski definition) is 0. The van der Waals surface area contributed by atoms with Gasteiger partial charge < -0.3 is 4.42 Å². The molecule has 0 aliphatic heterocycles. The summed E-state index contributed by atoms with van der Waals surface area (Å²) in [6.45, 7) is 0. The van der Waals surface area contributed by atoms with Crippen LogP contribution < -0.4 is 0 Å². The molecule has 0 saturated carbocycles. The van der Waals surface area contributed by atoms with Gasteiger partial charge in [-0.05, 0) is 73.8 Å². The van der Waals surface area contributed by atoms with Gasteiger partial charge in [0.05, 0.1) is 5.41 Å². The molecule has 0 unspecified atom stereocenters. The normalized spacial score (nSPS) is 13.1. The first kappa shape index (κ1) is 31.0. The number of aromatic nitrogens is 3. The van der Waals surface area contributed by atoms with Gasteiger partial charge in [0.25, 0.3) is 0 Å². The Hall–Kier alpha value is -7.43. The molecule has 0 radical (unpaired) electrons. The number of fused-ring (bicyclic) bond motifs is 13. The van der Waals surface area contributed by atoms with Crippen molar-refractivity contribution in [1.82, 2.24) is 15.0 Å². The molecule has 0 fully saturated rings. The summed E-state index contributed by atoms with van der Waals surface area (Å²) in [6.07, 6.45) is 0. The Bertz CT molecular complexity index is 3100. The summed E-state index contributed by atoms with van der Waals surface area (Å²) < 4.78 is 6.71. The predicted octanol–water partition coefficient (Wildman–Crippen LogP) is 12.8. The summed E-state index contributed by atoms with van der Waals surface area (Å²) in [5.41, 5.74) is 16.4. The summed E-state index contributed by atoms with van der Waals surface area (Å²) in [5.74, 6) is 1.83. The van der Waals surface area contributed by atoms with Crippen LogP contribution in [0.5, 0.6) is 0 Å². The molecule has 2 heterocycles. The van der Waals surface area contributed by atoms with Gasteiger partial charge in [-0.2, -0.15) is 0 Å². The Morgan fingerprint density at radius 3 is 1.46 bits per heavy atom. The lowest BCUT2D eigenvalue weighted by Gasteiger charge is -2.30. The van der Waals surface area contributed by atoms with Crippen LogP contribution in [-0.4, -0.2) is 15.0 Å². The highest BCUT2D eigenvalue weighted by molar-refractivity contribution is 6.15. The van der Waals surface area contributed by atoms with Crippen molar-refractivity contribution in [3.05, 3.63) is 210 Å². The third-order valence-electron chi connectivity index (χ3n) is 11.7. The molecule has 56 heavy (non-hydrogen) atoms. The second kappa shape index (κ2) is 11.8. The second-order valence-electron chi connectivity index (χ2n) is 14.6. The minimum Gasteiger partial charge on any atom is -0.456 e. The molecule has 8 aromatic carbocycles. The summed E-state index contributed by atoms with van der Waals surface area (Å²) in [7, 11) is 0. The highest BCUT2D eigenvalue weighted by Gasteiger charge is 2.52. The molecule has 10 aromatic rings. The van der Waals surface area contributed by atoms with E-state index in [-0.39, 0.29) is 0 Å². The molecule has 0 bridgehead atoms. The van der Waals surface area contributed by atoms with Crippen molar-refractivity contribution in [2.24, 2.45) is 0 Å². The topological polar surface area (TPSA) is 51.8 Å². The van der Waals surface area contributed by atoms with Crippen LogP contribution >= 0.6 is 0 Å². The number of benzene rings is 8. The maximum Gasteiger partial charge on any atom is 0.164 e. The van der Waals surface area contributed by atoms with Crippen molar-refractivity contribution in [2.75, 3.05) is 0 Å². The van der Waals surface area contributed by atoms with Crippen molar-refractivity contribution in [2.45, 2.75) is 5.41 Å². The lowest BCUT2D eigenvalue weighted by molar-refractivity contribution is 0.669. The molecule has 0 N–H and O–H groups in total. The summed E-state index contributed by atoms with van der Waals surface area (Å²) >= 11 is 0. The third kappa shape index (κ3) is 4.27. The molecular formula is C52H31N3O. The van der Waals surface area contributed by atoms with Crippen molar-refractivity contribution in [3.8, 4) is 67.5 Å².